The quantitative estimate of drug-likeness (QED) is 0.441. The Balaban J connectivity index is 2.02. The third-order valence-electron chi connectivity index (χ3n) is 5.86. The van der Waals surface area contributed by atoms with E-state index in [9.17, 15) is 49.1 Å². The lowest BCUT2D eigenvalue weighted by Gasteiger charge is -2.40. The van der Waals surface area contributed by atoms with Crippen LogP contribution in [-0.4, -0.2) is 72.3 Å². The maximum absolute atomic E-state index is 13.8. The van der Waals surface area contributed by atoms with Crippen molar-refractivity contribution in [3.8, 4) is 0 Å². The highest BCUT2D eigenvalue weighted by Crippen LogP contribution is 2.43. The largest absolute Gasteiger partial charge is 0.466 e. The monoisotopic (exact) mass is 562 g/mol. The molecule has 17 heteroatoms. The van der Waals surface area contributed by atoms with E-state index in [0.29, 0.717) is 28.4 Å². The van der Waals surface area contributed by atoms with Crippen molar-refractivity contribution in [3.05, 3.63) is 41.6 Å². The van der Waals surface area contributed by atoms with Gasteiger partial charge in [-0.15, -0.1) is 0 Å². The zero-order valence-electron chi connectivity index (χ0n) is 19.4. The van der Waals surface area contributed by atoms with Crippen LogP contribution in [0.4, 0.5) is 36.4 Å². The number of rotatable bonds is 5. The fourth-order valence-corrected chi connectivity index (χ4v) is 5.94. The number of esters is 1. The molecule has 1 aliphatic heterocycles. The van der Waals surface area contributed by atoms with Crippen molar-refractivity contribution in [2.45, 2.75) is 35.9 Å². The zero-order chi connectivity index (χ0) is 28.1. The van der Waals surface area contributed by atoms with Gasteiger partial charge in [-0.1, -0.05) is 0 Å². The third kappa shape index (κ3) is 4.86. The number of imidazole rings is 1. The van der Waals surface area contributed by atoms with Crippen LogP contribution in [0.5, 0.6) is 0 Å². The number of ether oxygens (including phenoxy) is 1. The highest BCUT2D eigenvalue weighted by atomic mass is 32.2. The van der Waals surface area contributed by atoms with Crippen molar-refractivity contribution in [2.24, 2.45) is 7.05 Å². The number of benzene rings is 1. The molecule has 1 aromatic heterocycles. The van der Waals surface area contributed by atoms with Gasteiger partial charge in [0.15, 0.2) is 5.03 Å². The predicted octanol–water partition coefficient (Wildman–Crippen LogP) is 2.40. The van der Waals surface area contributed by atoms with E-state index in [0.717, 1.165) is 19.2 Å². The number of alkyl halides is 6. The Kier molecular flexibility index (Phi) is 7.30. The van der Waals surface area contributed by atoms with Crippen LogP contribution in [0.2, 0.25) is 0 Å². The van der Waals surface area contributed by atoms with Crippen LogP contribution in [0.15, 0.2) is 29.6 Å². The molecule has 1 unspecified atom stereocenters. The molecular formula is C20H21F7N4O5S. The number of hydrogen-bond donors (Lipinski definition) is 1. The topological polar surface area (TPSA) is 105 Å². The summed E-state index contributed by atoms with van der Waals surface area (Å²) in [5.74, 6) is -3.33. The molecule has 0 bridgehead atoms. The van der Waals surface area contributed by atoms with Gasteiger partial charge >= 0.3 is 23.9 Å². The summed E-state index contributed by atoms with van der Waals surface area (Å²) in [6, 6.07) is 0.889. The number of anilines is 1. The molecule has 206 valence electrons. The van der Waals surface area contributed by atoms with E-state index in [4.69, 9.17) is 0 Å². The van der Waals surface area contributed by atoms with Crippen LogP contribution >= 0.6 is 0 Å². The average molecular weight is 562 g/mol. The first-order valence-electron chi connectivity index (χ1n) is 10.4. The van der Waals surface area contributed by atoms with Gasteiger partial charge in [0.25, 0.3) is 10.0 Å². The average Bonchev–Trinajstić information content (AvgIpc) is 3.18. The second-order valence-corrected chi connectivity index (χ2v) is 10.1. The van der Waals surface area contributed by atoms with E-state index >= 15 is 0 Å². The fourth-order valence-electron chi connectivity index (χ4n) is 4.14. The summed E-state index contributed by atoms with van der Waals surface area (Å²) >= 11 is 0. The molecule has 2 heterocycles. The van der Waals surface area contributed by atoms with E-state index in [1.54, 1.807) is 0 Å². The third-order valence-corrected chi connectivity index (χ3v) is 7.81. The summed E-state index contributed by atoms with van der Waals surface area (Å²) in [5, 5.41) is 9.12. The van der Waals surface area contributed by atoms with Crippen LogP contribution < -0.4 is 4.90 Å². The van der Waals surface area contributed by atoms with Gasteiger partial charge in [-0.05, 0) is 25.1 Å². The molecule has 0 spiro atoms. The molecule has 0 aliphatic carbocycles. The van der Waals surface area contributed by atoms with Gasteiger partial charge in [-0.3, -0.25) is 0 Å². The first-order valence-corrected chi connectivity index (χ1v) is 11.8. The minimum absolute atomic E-state index is 0.300. The second-order valence-electron chi connectivity index (χ2n) is 8.28. The lowest BCUT2D eigenvalue weighted by atomic mass is 9.99. The van der Waals surface area contributed by atoms with Gasteiger partial charge in [-0.25, -0.2) is 22.6 Å². The number of carbonyl (C=O) groups is 1. The van der Waals surface area contributed by atoms with E-state index < -0.39 is 74.3 Å². The summed E-state index contributed by atoms with van der Waals surface area (Å²) in [4.78, 5) is 16.7. The summed E-state index contributed by atoms with van der Waals surface area (Å²) < 4.78 is 127. The zero-order valence-corrected chi connectivity index (χ0v) is 20.2. The number of methoxy groups -OCH3 is 1. The van der Waals surface area contributed by atoms with E-state index in [1.807, 2.05) is 0 Å². The molecule has 1 aliphatic rings. The first-order chi connectivity index (χ1) is 16.9. The molecule has 0 radical (unpaired) electrons. The smallest absolute Gasteiger partial charge is 0.434 e. The minimum atomic E-state index is -5.71. The highest BCUT2D eigenvalue weighted by molar-refractivity contribution is 7.89. The van der Waals surface area contributed by atoms with Crippen molar-refractivity contribution in [2.75, 3.05) is 31.6 Å². The van der Waals surface area contributed by atoms with Crippen molar-refractivity contribution < 1.29 is 53.8 Å². The Morgan fingerprint density at radius 3 is 2.30 bits per heavy atom. The molecule has 9 nitrogen and oxygen atoms in total. The van der Waals surface area contributed by atoms with Crippen LogP contribution in [0.3, 0.4) is 0 Å². The fraction of sp³-hybridized carbons (Fsp3) is 0.500. The predicted molar refractivity (Wildman–Crippen MR) is 112 cm³/mol. The number of aliphatic hydroxyl groups is 1. The molecular weight excluding hydrogens is 541 g/mol. The molecule has 1 aromatic carbocycles. The molecule has 3 rings (SSSR count). The van der Waals surface area contributed by atoms with Crippen LogP contribution in [-0.2, 0) is 38.4 Å². The van der Waals surface area contributed by atoms with Gasteiger partial charge in [0.05, 0.1) is 19.0 Å². The van der Waals surface area contributed by atoms with Crippen molar-refractivity contribution in [1.82, 2.24) is 13.9 Å². The van der Waals surface area contributed by atoms with Gasteiger partial charge in [0, 0.05) is 38.4 Å². The standard InChI is InChI=1S/C20H21F7N4O5S/c1-11-9-30(14-5-4-12(21)8-13(14)19(22,23)24)6-7-31(11)37(34,35)16-15(29(2)10-28-16)18(33,17(32)36-3)20(25,26)27/h4-5,8,10-11,33H,6-7,9H2,1-3H3/t11-,18?/m1/s1. The summed E-state index contributed by atoms with van der Waals surface area (Å²) in [7, 11) is -3.44. The van der Waals surface area contributed by atoms with Gasteiger partial charge in [0.2, 0.25) is 0 Å². The molecule has 1 saturated heterocycles. The maximum Gasteiger partial charge on any atom is 0.434 e. The lowest BCUT2D eigenvalue weighted by Crippen LogP contribution is -2.55. The first kappa shape index (κ1) is 28.6. The van der Waals surface area contributed by atoms with Gasteiger partial charge < -0.3 is 19.3 Å². The summed E-state index contributed by atoms with van der Waals surface area (Å²) in [5.41, 5.74) is -7.50. The number of aromatic nitrogens is 2. The minimum Gasteiger partial charge on any atom is -0.466 e. The molecule has 1 fully saturated rings. The highest BCUT2D eigenvalue weighted by Gasteiger charge is 2.65. The number of aryl methyl sites for hydroxylation is 1. The molecule has 1 N–H and O–H groups in total. The van der Waals surface area contributed by atoms with E-state index in [1.165, 1.54) is 11.8 Å². The van der Waals surface area contributed by atoms with Crippen LogP contribution in [0, 0.1) is 5.82 Å². The Bertz CT molecular complexity index is 1290. The molecule has 0 saturated carbocycles. The molecule has 37 heavy (non-hydrogen) atoms. The second kappa shape index (κ2) is 9.43. The number of halogens is 7. The Morgan fingerprint density at radius 2 is 1.78 bits per heavy atom. The molecule has 2 atom stereocenters. The number of hydrogen-bond acceptors (Lipinski definition) is 7. The van der Waals surface area contributed by atoms with Crippen molar-refractivity contribution in [1.29, 1.82) is 0 Å². The number of sulfonamides is 1. The maximum atomic E-state index is 13.8. The normalized spacial score (nSPS) is 19.5. The molecule has 0 amide bonds. The van der Waals surface area contributed by atoms with Crippen molar-refractivity contribution >= 4 is 21.7 Å². The number of piperazine rings is 1. The molecule has 2 aromatic rings. The SMILES string of the molecule is COC(=O)C(O)(c1c(S(=O)(=O)N2CCN(c3ccc(F)cc3C(F)(F)F)C[C@H]2C)ncn1C)C(F)(F)F. The van der Waals surface area contributed by atoms with Gasteiger partial charge in [0.1, 0.15) is 11.5 Å². The lowest BCUT2D eigenvalue weighted by molar-refractivity contribution is -0.269. The Hall–Kier alpha value is -2.92. The van der Waals surface area contributed by atoms with Crippen LogP contribution in [0.25, 0.3) is 0 Å². The summed E-state index contributed by atoms with van der Waals surface area (Å²) in [6.07, 6.45) is -9.97. The Labute approximate surface area is 206 Å². The summed E-state index contributed by atoms with van der Waals surface area (Å²) in [6.45, 7) is 0.0911. The number of nitrogens with zero attached hydrogens (tertiary/aromatic N) is 4. The van der Waals surface area contributed by atoms with Crippen molar-refractivity contribution in [3.63, 3.8) is 0 Å². The Morgan fingerprint density at radius 1 is 1.16 bits per heavy atom. The number of carbonyl (C=O) groups excluding carboxylic acids is 1. The van der Waals surface area contributed by atoms with E-state index in [-0.39, 0.29) is 13.1 Å². The van der Waals surface area contributed by atoms with Crippen LogP contribution in [0.1, 0.15) is 18.2 Å². The van der Waals surface area contributed by atoms with E-state index in [2.05, 4.69) is 9.72 Å². The van der Waals surface area contributed by atoms with Gasteiger partial charge in [-0.2, -0.15) is 30.6 Å².